The lowest BCUT2D eigenvalue weighted by Gasteiger charge is -2.35. The molecule has 2 aliphatic rings. The lowest BCUT2D eigenvalue weighted by Crippen LogP contribution is -2.19. The Morgan fingerprint density at radius 1 is 0.426 bits per heavy atom. The molecule has 8 aromatic rings. The van der Waals surface area contributed by atoms with E-state index in [0.29, 0.717) is 0 Å². The Morgan fingerprint density at radius 3 is 1.51 bits per heavy atom. The molecule has 10 rings (SSSR count). The van der Waals surface area contributed by atoms with Gasteiger partial charge < -0.3 is 4.90 Å². The topological polar surface area (TPSA) is 3.24 Å². The molecule has 1 aliphatic carbocycles. The van der Waals surface area contributed by atoms with Gasteiger partial charge in [0.25, 0.3) is 0 Å². The molecule has 8 aromatic carbocycles. The summed E-state index contributed by atoms with van der Waals surface area (Å²) in [4.78, 5) is 2.53. The lowest BCUT2D eigenvalue weighted by atomic mass is 9.79. The predicted molar refractivity (Wildman–Crippen MR) is 199 cm³/mol. The normalized spacial score (nSPS) is 14.2. The zero-order chi connectivity index (χ0) is 31.3. The highest BCUT2D eigenvalue weighted by Crippen LogP contribution is 2.56. The van der Waals surface area contributed by atoms with Crippen LogP contribution in [0.2, 0.25) is 0 Å². The minimum atomic E-state index is -0.0997. The standard InChI is InChI=1S/C46H33N/c1-46(2)39-24-12-11-23-37(39)44-32-18-6-5-17-31(32)38(28-40(44)46)43-33-19-7-9-21-35(33)45(36-22-10-8-20-34(36)43)47-41-25-13-3-15-29(41)27-30-16-4-14-26-42(30)47/h3-26,28H,27H2,1-2H3. The summed E-state index contributed by atoms with van der Waals surface area (Å²) >= 11 is 0. The molecular weight excluding hydrogens is 567 g/mol. The first-order chi connectivity index (χ1) is 23.1. The van der Waals surface area contributed by atoms with Crippen LogP contribution < -0.4 is 4.90 Å². The first-order valence-electron chi connectivity index (χ1n) is 16.7. The van der Waals surface area contributed by atoms with Crippen LogP contribution in [-0.2, 0) is 11.8 Å². The van der Waals surface area contributed by atoms with Gasteiger partial charge >= 0.3 is 0 Å². The van der Waals surface area contributed by atoms with Gasteiger partial charge in [-0.05, 0) is 84.3 Å². The molecular formula is C46H33N. The molecule has 0 spiro atoms. The van der Waals surface area contributed by atoms with Crippen molar-refractivity contribution in [1.29, 1.82) is 0 Å². The number of hydrogen-bond donors (Lipinski definition) is 0. The minimum Gasteiger partial charge on any atom is -0.309 e. The summed E-state index contributed by atoms with van der Waals surface area (Å²) in [7, 11) is 0. The van der Waals surface area contributed by atoms with Gasteiger partial charge in [-0.3, -0.25) is 0 Å². The van der Waals surface area contributed by atoms with E-state index in [-0.39, 0.29) is 5.41 Å². The molecule has 0 fully saturated rings. The number of fused-ring (bicyclic) bond motifs is 9. The van der Waals surface area contributed by atoms with E-state index >= 15 is 0 Å². The zero-order valence-electron chi connectivity index (χ0n) is 26.6. The van der Waals surface area contributed by atoms with Crippen molar-refractivity contribution in [2.45, 2.75) is 25.7 Å². The fourth-order valence-electron chi connectivity index (χ4n) is 8.73. The van der Waals surface area contributed by atoms with E-state index in [1.807, 2.05) is 0 Å². The Morgan fingerprint density at radius 2 is 0.894 bits per heavy atom. The number of anilines is 3. The number of para-hydroxylation sites is 2. The van der Waals surface area contributed by atoms with E-state index in [0.717, 1.165) is 6.42 Å². The van der Waals surface area contributed by atoms with Crippen molar-refractivity contribution < 1.29 is 0 Å². The third-order valence-electron chi connectivity index (χ3n) is 10.8. The maximum Gasteiger partial charge on any atom is 0.0619 e. The van der Waals surface area contributed by atoms with E-state index in [1.54, 1.807) is 0 Å². The lowest BCUT2D eigenvalue weighted by molar-refractivity contribution is 0.661. The molecule has 0 radical (unpaired) electrons. The van der Waals surface area contributed by atoms with Gasteiger partial charge in [0.15, 0.2) is 0 Å². The van der Waals surface area contributed by atoms with Gasteiger partial charge in [-0.15, -0.1) is 0 Å². The van der Waals surface area contributed by atoms with Gasteiger partial charge in [-0.1, -0.05) is 147 Å². The molecule has 0 saturated heterocycles. The average Bonchev–Trinajstić information content (AvgIpc) is 3.35. The molecule has 1 heterocycles. The quantitative estimate of drug-likeness (QED) is 0.179. The van der Waals surface area contributed by atoms with E-state index in [9.17, 15) is 0 Å². The first kappa shape index (κ1) is 26.5. The van der Waals surface area contributed by atoms with Crippen molar-refractivity contribution in [2.75, 3.05) is 4.90 Å². The van der Waals surface area contributed by atoms with Gasteiger partial charge in [0.2, 0.25) is 0 Å². The third kappa shape index (κ3) is 3.60. The van der Waals surface area contributed by atoms with Gasteiger partial charge in [-0.25, -0.2) is 0 Å². The maximum atomic E-state index is 2.53. The molecule has 0 aromatic heterocycles. The fourth-order valence-corrected chi connectivity index (χ4v) is 8.73. The SMILES string of the molecule is CC1(C)c2ccccc2-c2c1cc(-c1c3ccccc3c(N3c4ccccc4Cc4ccccc43)c3ccccc13)c1ccccc21. The van der Waals surface area contributed by atoms with Crippen LogP contribution in [0.15, 0.2) is 152 Å². The van der Waals surface area contributed by atoms with Crippen molar-refractivity contribution in [2.24, 2.45) is 0 Å². The number of rotatable bonds is 2. The summed E-state index contributed by atoms with van der Waals surface area (Å²) in [6, 6.07) is 56.6. The summed E-state index contributed by atoms with van der Waals surface area (Å²) in [6.45, 7) is 4.78. The number of benzene rings is 8. The van der Waals surface area contributed by atoms with Crippen LogP contribution in [0.4, 0.5) is 17.1 Å². The van der Waals surface area contributed by atoms with Crippen molar-refractivity contribution in [3.63, 3.8) is 0 Å². The maximum absolute atomic E-state index is 2.53. The van der Waals surface area contributed by atoms with Crippen LogP contribution in [-0.4, -0.2) is 0 Å². The smallest absolute Gasteiger partial charge is 0.0619 e. The molecule has 1 aliphatic heterocycles. The highest BCUT2D eigenvalue weighted by Gasteiger charge is 2.37. The second-order valence-electron chi connectivity index (χ2n) is 13.6. The Bertz CT molecular complexity index is 2480. The van der Waals surface area contributed by atoms with Crippen LogP contribution in [0.3, 0.4) is 0 Å². The molecule has 47 heavy (non-hydrogen) atoms. The molecule has 1 nitrogen and oxygen atoms in total. The number of hydrogen-bond acceptors (Lipinski definition) is 1. The molecule has 0 saturated carbocycles. The largest absolute Gasteiger partial charge is 0.309 e. The highest BCUT2D eigenvalue weighted by atomic mass is 15.2. The van der Waals surface area contributed by atoms with E-state index in [1.165, 1.54) is 93.9 Å². The second kappa shape index (κ2) is 9.67. The summed E-state index contributed by atoms with van der Waals surface area (Å²) in [5, 5.41) is 7.71. The Kier molecular flexibility index (Phi) is 5.46. The first-order valence-corrected chi connectivity index (χ1v) is 16.7. The molecule has 0 unspecified atom stereocenters. The van der Waals surface area contributed by atoms with Crippen LogP contribution in [0.5, 0.6) is 0 Å². The number of nitrogens with zero attached hydrogens (tertiary/aromatic N) is 1. The van der Waals surface area contributed by atoms with E-state index < -0.39 is 0 Å². The van der Waals surface area contributed by atoms with Crippen LogP contribution >= 0.6 is 0 Å². The zero-order valence-corrected chi connectivity index (χ0v) is 26.6. The van der Waals surface area contributed by atoms with E-state index in [4.69, 9.17) is 0 Å². The van der Waals surface area contributed by atoms with Crippen molar-refractivity contribution in [1.82, 2.24) is 0 Å². The van der Waals surface area contributed by atoms with Crippen LogP contribution in [0.25, 0.3) is 54.6 Å². The summed E-state index contributed by atoms with van der Waals surface area (Å²) in [5.74, 6) is 0. The summed E-state index contributed by atoms with van der Waals surface area (Å²) in [5.41, 5.74) is 14.6. The van der Waals surface area contributed by atoms with Gasteiger partial charge in [0.05, 0.1) is 5.69 Å². The molecule has 0 atom stereocenters. The predicted octanol–water partition coefficient (Wildman–Crippen LogP) is 12.5. The van der Waals surface area contributed by atoms with Gasteiger partial charge in [-0.2, -0.15) is 0 Å². The molecule has 0 N–H and O–H groups in total. The Balaban J connectivity index is 1.35. The van der Waals surface area contributed by atoms with Crippen LogP contribution in [0, 0.1) is 0 Å². The minimum absolute atomic E-state index is 0.0997. The van der Waals surface area contributed by atoms with Crippen molar-refractivity contribution in [3.05, 3.63) is 174 Å². The second-order valence-corrected chi connectivity index (χ2v) is 13.6. The van der Waals surface area contributed by atoms with E-state index in [2.05, 4.69) is 170 Å². The third-order valence-corrected chi connectivity index (χ3v) is 10.8. The Labute approximate surface area is 275 Å². The average molecular weight is 600 g/mol. The summed E-state index contributed by atoms with van der Waals surface area (Å²) < 4.78 is 0. The van der Waals surface area contributed by atoms with Crippen LogP contribution in [0.1, 0.15) is 36.1 Å². The van der Waals surface area contributed by atoms with Crippen molar-refractivity contribution in [3.8, 4) is 22.3 Å². The summed E-state index contributed by atoms with van der Waals surface area (Å²) in [6.07, 6.45) is 0.941. The fraction of sp³-hybridized carbons (Fsp3) is 0.0870. The van der Waals surface area contributed by atoms with Crippen molar-refractivity contribution >= 4 is 49.4 Å². The molecule has 222 valence electrons. The highest BCUT2D eigenvalue weighted by molar-refractivity contribution is 6.25. The molecule has 1 heteroatoms. The van der Waals surface area contributed by atoms with Gasteiger partial charge in [0.1, 0.15) is 0 Å². The molecule has 0 amide bonds. The molecule has 0 bridgehead atoms. The monoisotopic (exact) mass is 599 g/mol. The van der Waals surface area contributed by atoms with Gasteiger partial charge in [0, 0.05) is 34.0 Å². The Hall–Kier alpha value is -5.66.